The Morgan fingerprint density at radius 3 is 2.20 bits per heavy atom. The molecule has 0 saturated heterocycles. The topological polar surface area (TPSA) is 59.7 Å². The summed E-state index contributed by atoms with van der Waals surface area (Å²) in [5, 5.41) is 11.3. The fraction of sp³-hybridized carbons (Fsp3) is 0.0952. The first-order valence-corrected chi connectivity index (χ1v) is 8.01. The maximum absolute atomic E-state index is 12.6. The first-order valence-electron chi connectivity index (χ1n) is 8.01. The lowest BCUT2D eigenvalue weighted by Gasteiger charge is -2.25. The third-order valence-electron chi connectivity index (χ3n) is 4.31. The van der Waals surface area contributed by atoms with Crippen molar-refractivity contribution < 1.29 is 19.1 Å². The van der Waals surface area contributed by atoms with E-state index in [1.807, 2.05) is 42.5 Å². The highest BCUT2D eigenvalue weighted by atomic mass is 16.7. The Labute approximate surface area is 145 Å². The monoisotopic (exact) mass is 332 g/mol. The molecule has 4 nitrogen and oxygen atoms in total. The molecule has 1 aliphatic heterocycles. The Kier molecular flexibility index (Phi) is 3.75. The van der Waals surface area contributed by atoms with E-state index in [9.17, 15) is 9.90 Å². The van der Waals surface area contributed by atoms with Crippen molar-refractivity contribution in [1.82, 2.24) is 0 Å². The largest absolute Gasteiger partial charge is 0.469 e. The maximum atomic E-state index is 12.6. The van der Waals surface area contributed by atoms with Gasteiger partial charge in [-0.1, -0.05) is 60.7 Å². The number of cyclic esters (lactones) is 1. The van der Waals surface area contributed by atoms with Gasteiger partial charge in [-0.05, 0) is 17.7 Å². The first kappa shape index (κ1) is 15.4. The van der Waals surface area contributed by atoms with Crippen LogP contribution in [-0.2, 0) is 21.7 Å². The number of hydrogen-bond acceptors (Lipinski definition) is 4. The van der Waals surface area contributed by atoms with Crippen LogP contribution in [0.2, 0.25) is 0 Å². The van der Waals surface area contributed by atoms with Gasteiger partial charge in [-0.2, -0.15) is 0 Å². The lowest BCUT2D eigenvalue weighted by molar-refractivity contribution is -0.185. The van der Waals surface area contributed by atoms with Gasteiger partial charge in [-0.25, -0.2) is 4.79 Å². The van der Waals surface area contributed by atoms with Crippen molar-refractivity contribution in [2.45, 2.75) is 12.2 Å². The van der Waals surface area contributed by atoms with Crippen molar-refractivity contribution in [1.29, 1.82) is 0 Å². The van der Waals surface area contributed by atoms with E-state index in [2.05, 4.69) is 0 Å². The van der Waals surface area contributed by atoms with Crippen LogP contribution < -0.4 is 0 Å². The molecule has 2 heterocycles. The van der Waals surface area contributed by atoms with Crippen LogP contribution in [0.5, 0.6) is 0 Å². The lowest BCUT2D eigenvalue weighted by Crippen LogP contribution is -2.29. The van der Waals surface area contributed by atoms with E-state index in [-0.39, 0.29) is 6.42 Å². The second kappa shape index (κ2) is 6.07. The molecule has 0 aliphatic carbocycles. The predicted octanol–water partition coefficient (Wildman–Crippen LogP) is 3.68. The molecule has 2 aromatic carbocycles. The van der Waals surface area contributed by atoms with Gasteiger partial charge in [-0.3, -0.25) is 0 Å². The second-order valence-electron chi connectivity index (χ2n) is 5.88. The minimum absolute atomic E-state index is 0.272. The summed E-state index contributed by atoms with van der Waals surface area (Å²) in [6.07, 6.45) is 1.84. The summed E-state index contributed by atoms with van der Waals surface area (Å²) >= 11 is 0. The fourth-order valence-electron chi connectivity index (χ4n) is 3.13. The number of aliphatic hydroxyl groups is 1. The van der Waals surface area contributed by atoms with Crippen LogP contribution in [0.1, 0.15) is 16.9 Å². The second-order valence-corrected chi connectivity index (χ2v) is 5.88. The van der Waals surface area contributed by atoms with E-state index in [1.165, 1.54) is 0 Å². The molecule has 3 aromatic rings. The van der Waals surface area contributed by atoms with Crippen LogP contribution in [0.15, 0.2) is 89.0 Å². The summed E-state index contributed by atoms with van der Waals surface area (Å²) in [6, 6.07) is 21.7. The van der Waals surface area contributed by atoms with Crippen molar-refractivity contribution >= 4 is 11.5 Å². The average molecular weight is 332 g/mol. The molecular formula is C21H16O4. The predicted molar refractivity (Wildman–Crippen MR) is 92.2 cm³/mol. The molecule has 1 aromatic heterocycles. The molecule has 0 bridgehead atoms. The summed E-state index contributed by atoms with van der Waals surface area (Å²) in [4.78, 5) is 12.6. The van der Waals surface area contributed by atoms with Gasteiger partial charge in [0.1, 0.15) is 5.76 Å². The van der Waals surface area contributed by atoms with Gasteiger partial charge in [0.15, 0.2) is 0 Å². The van der Waals surface area contributed by atoms with Gasteiger partial charge in [0.05, 0.1) is 11.8 Å². The number of hydrogen-bond donors (Lipinski definition) is 1. The Balaban J connectivity index is 1.91. The molecular weight excluding hydrogens is 316 g/mol. The maximum Gasteiger partial charge on any atom is 0.342 e. The highest BCUT2D eigenvalue weighted by Crippen LogP contribution is 2.44. The van der Waals surface area contributed by atoms with Crippen molar-refractivity contribution in [3.8, 4) is 0 Å². The van der Waals surface area contributed by atoms with Crippen molar-refractivity contribution in [2.75, 3.05) is 0 Å². The van der Waals surface area contributed by atoms with Crippen molar-refractivity contribution in [3.05, 3.63) is 102 Å². The number of carbonyl (C=O) groups is 1. The number of furan rings is 1. The van der Waals surface area contributed by atoms with Crippen LogP contribution in [0.3, 0.4) is 0 Å². The molecule has 25 heavy (non-hydrogen) atoms. The summed E-state index contributed by atoms with van der Waals surface area (Å²) < 4.78 is 10.9. The van der Waals surface area contributed by atoms with Gasteiger partial charge < -0.3 is 14.3 Å². The number of benzene rings is 2. The first-order chi connectivity index (χ1) is 12.2. The summed E-state index contributed by atoms with van der Waals surface area (Å²) in [5.41, 5.74) is 2.07. The molecule has 1 aliphatic rings. The van der Waals surface area contributed by atoms with E-state index < -0.39 is 11.8 Å². The molecule has 1 unspecified atom stereocenters. The Morgan fingerprint density at radius 2 is 1.56 bits per heavy atom. The number of ether oxygens (including phenoxy) is 1. The van der Waals surface area contributed by atoms with E-state index in [0.717, 1.165) is 0 Å². The smallest absolute Gasteiger partial charge is 0.342 e. The van der Waals surface area contributed by atoms with Gasteiger partial charge >= 0.3 is 5.97 Å². The summed E-state index contributed by atoms with van der Waals surface area (Å²) in [6.45, 7) is 0. The normalized spacial score (nSPS) is 20.0. The number of rotatable bonds is 4. The van der Waals surface area contributed by atoms with Crippen molar-refractivity contribution in [3.63, 3.8) is 0 Å². The average Bonchev–Trinajstić information content (AvgIpc) is 3.24. The molecule has 0 saturated carbocycles. The van der Waals surface area contributed by atoms with Crippen LogP contribution in [-0.4, -0.2) is 11.1 Å². The lowest BCUT2D eigenvalue weighted by atomic mass is 9.89. The highest BCUT2D eigenvalue weighted by Gasteiger charge is 2.48. The standard InChI is InChI=1S/C21H16O4/c22-20-19(15-8-3-1-4-9-15)18(14-17-12-7-13-24-17)21(23,25-20)16-10-5-2-6-11-16/h1-13,23H,14H2. The van der Waals surface area contributed by atoms with E-state index in [1.54, 1.807) is 36.6 Å². The molecule has 4 rings (SSSR count). The Hall–Kier alpha value is -3.11. The number of esters is 1. The van der Waals surface area contributed by atoms with E-state index in [0.29, 0.717) is 28.0 Å². The summed E-state index contributed by atoms with van der Waals surface area (Å²) in [7, 11) is 0. The zero-order valence-electron chi connectivity index (χ0n) is 13.4. The molecule has 0 radical (unpaired) electrons. The molecule has 0 fully saturated rings. The Morgan fingerprint density at radius 1 is 0.880 bits per heavy atom. The minimum atomic E-state index is -1.81. The third kappa shape index (κ3) is 2.66. The molecule has 0 amide bonds. The van der Waals surface area contributed by atoms with Crippen LogP contribution in [0, 0.1) is 0 Å². The molecule has 4 heteroatoms. The third-order valence-corrected chi connectivity index (χ3v) is 4.31. The van der Waals surface area contributed by atoms with Gasteiger partial charge in [-0.15, -0.1) is 0 Å². The number of carbonyl (C=O) groups excluding carboxylic acids is 1. The van der Waals surface area contributed by atoms with E-state index >= 15 is 0 Å². The quantitative estimate of drug-likeness (QED) is 0.741. The zero-order valence-corrected chi connectivity index (χ0v) is 13.4. The van der Waals surface area contributed by atoms with Crippen LogP contribution >= 0.6 is 0 Å². The SMILES string of the molecule is O=C1OC(O)(c2ccccc2)C(Cc2ccco2)=C1c1ccccc1. The fourth-order valence-corrected chi connectivity index (χ4v) is 3.13. The van der Waals surface area contributed by atoms with Crippen molar-refractivity contribution in [2.24, 2.45) is 0 Å². The zero-order chi connectivity index (χ0) is 17.3. The summed E-state index contributed by atoms with van der Waals surface area (Å²) in [5.74, 6) is -1.70. The van der Waals surface area contributed by atoms with E-state index in [4.69, 9.17) is 9.15 Å². The molecule has 1 N–H and O–H groups in total. The van der Waals surface area contributed by atoms with Gasteiger partial charge in [0, 0.05) is 17.6 Å². The minimum Gasteiger partial charge on any atom is -0.469 e. The molecule has 0 spiro atoms. The molecule has 1 atom stereocenters. The highest BCUT2D eigenvalue weighted by molar-refractivity contribution is 6.20. The van der Waals surface area contributed by atoms with Gasteiger partial charge in [0.2, 0.25) is 0 Å². The van der Waals surface area contributed by atoms with Crippen LogP contribution in [0.25, 0.3) is 5.57 Å². The van der Waals surface area contributed by atoms with Gasteiger partial charge in [0.25, 0.3) is 5.79 Å². The molecule has 124 valence electrons. The Bertz CT molecular complexity index is 911. The van der Waals surface area contributed by atoms with Crippen LogP contribution in [0.4, 0.5) is 0 Å².